The lowest BCUT2D eigenvalue weighted by molar-refractivity contribution is -0.231. The normalized spacial score (nSPS) is 10.0. The Morgan fingerprint density at radius 1 is 1.19 bits per heavy atom. The van der Waals surface area contributed by atoms with Crippen LogP contribution in [0.4, 0.5) is 8.78 Å². The summed E-state index contributed by atoms with van der Waals surface area (Å²) in [5.41, 5.74) is 0.586. The molecule has 2 aromatic heterocycles. The van der Waals surface area contributed by atoms with E-state index in [0.717, 1.165) is 0 Å². The summed E-state index contributed by atoms with van der Waals surface area (Å²) in [6, 6.07) is 5.14. The number of nitrogens with zero attached hydrogens (tertiary/aromatic N) is 3. The average Bonchev–Trinajstić information content (AvgIpc) is 3.03. The van der Waals surface area contributed by atoms with Gasteiger partial charge in [0.1, 0.15) is 0 Å². The summed E-state index contributed by atoms with van der Waals surface area (Å²) in [4.78, 5) is 4.10. The third-order valence-electron chi connectivity index (χ3n) is 2.04. The van der Waals surface area contributed by atoms with Gasteiger partial charge in [-0.25, -0.2) is 9.67 Å². The fourth-order valence-electron chi connectivity index (χ4n) is 1.25. The number of hydrogen-bond acceptors (Lipinski definition) is 3. The molecule has 0 aromatic carbocycles. The molecule has 0 bridgehead atoms. The molecule has 0 atom stereocenters. The molecular weight excluding hydrogens is 276 g/mol. The summed E-state index contributed by atoms with van der Waals surface area (Å²) in [7, 11) is 0. The van der Waals surface area contributed by atoms with Gasteiger partial charge in [0, 0.05) is 25.5 Å². The summed E-state index contributed by atoms with van der Waals surface area (Å²) in [5.74, 6) is 0.627. The lowest BCUT2D eigenvalue weighted by Gasteiger charge is -2.11. The second-order valence-electron chi connectivity index (χ2n) is 3.57. The Bertz CT molecular complexity index is 465. The van der Waals surface area contributed by atoms with Gasteiger partial charge in [-0.2, -0.15) is 13.9 Å². The maximum Gasteiger partial charge on any atom is 0.353 e. The van der Waals surface area contributed by atoms with E-state index in [1.807, 2.05) is 27.7 Å². The molecule has 118 valence electrons. The number of pyridine rings is 1. The molecule has 0 fully saturated rings. The van der Waals surface area contributed by atoms with E-state index in [4.69, 9.17) is 0 Å². The van der Waals surface area contributed by atoms with Crippen LogP contribution in [0.5, 0.6) is 0 Å². The Hall–Kier alpha value is -1.82. The highest BCUT2D eigenvalue weighted by Crippen LogP contribution is 2.16. The van der Waals surface area contributed by atoms with E-state index in [1.54, 1.807) is 35.3 Å². The number of rotatable bonds is 4. The first kappa shape index (κ1) is 19.2. The lowest BCUT2D eigenvalue weighted by atomic mass is 10.3. The van der Waals surface area contributed by atoms with Crippen LogP contribution < -0.4 is 0 Å². The molecule has 0 amide bonds. The van der Waals surface area contributed by atoms with Crippen molar-refractivity contribution in [2.24, 2.45) is 0 Å². The van der Waals surface area contributed by atoms with Crippen LogP contribution in [0.25, 0.3) is 5.82 Å². The zero-order valence-electron chi connectivity index (χ0n) is 13.2. The molecular formula is C15H23F2N3O. The minimum Gasteiger partial charge on any atom is -0.316 e. The van der Waals surface area contributed by atoms with Crippen LogP contribution in [-0.4, -0.2) is 20.9 Å². The molecule has 0 spiro atoms. The van der Waals surface area contributed by atoms with Crippen molar-refractivity contribution < 1.29 is 13.5 Å². The standard InChI is InChI=1S/C11H11F2N3O.2C2H6/c1-11(12,13)17-8-9-3-4-10(14-7-9)16-6-2-5-15-16;2*1-2/h2-7H,8H2,1H3;2*1-2H3. The van der Waals surface area contributed by atoms with Crippen molar-refractivity contribution in [2.75, 3.05) is 0 Å². The number of hydrogen-bond donors (Lipinski definition) is 0. The minimum absolute atomic E-state index is 0.171. The van der Waals surface area contributed by atoms with Gasteiger partial charge in [-0.15, -0.1) is 0 Å². The van der Waals surface area contributed by atoms with Crippen molar-refractivity contribution in [3.63, 3.8) is 0 Å². The molecule has 0 aliphatic rings. The zero-order chi connectivity index (χ0) is 16.3. The second-order valence-corrected chi connectivity index (χ2v) is 3.57. The Morgan fingerprint density at radius 3 is 2.29 bits per heavy atom. The van der Waals surface area contributed by atoms with Gasteiger partial charge in [0.25, 0.3) is 0 Å². The molecule has 2 rings (SSSR count). The number of ether oxygens (including phenoxy) is 1. The third-order valence-corrected chi connectivity index (χ3v) is 2.04. The van der Waals surface area contributed by atoms with Crippen LogP contribution in [0.1, 0.15) is 40.2 Å². The summed E-state index contributed by atoms with van der Waals surface area (Å²) in [6.45, 7) is 8.54. The molecule has 0 N–H and O–H groups in total. The monoisotopic (exact) mass is 299 g/mol. The predicted molar refractivity (Wildman–Crippen MR) is 79.5 cm³/mol. The summed E-state index contributed by atoms with van der Waals surface area (Å²) in [5, 5.41) is 4.00. The molecule has 0 saturated heterocycles. The first-order valence-corrected chi connectivity index (χ1v) is 7.01. The fourth-order valence-corrected chi connectivity index (χ4v) is 1.25. The van der Waals surface area contributed by atoms with E-state index in [-0.39, 0.29) is 6.61 Å². The van der Waals surface area contributed by atoms with Crippen LogP contribution >= 0.6 is 0 Å². The molecule has 0 aliphatic heterocycles. The predicted octanol–water partition coefficient (Wildman–Crippen LogP) is 4.45. The first-order chi connectivity index (χ1) is 10.0. The van der Waals surface area contributed by atoms with Crippen molar-refractivity contribution in [1.82, 2.24) is 14.8 Å². The van der Waals surface area contributed by atoms with Crippen molar-refractivity contribution in [3.05, 3.63) is 42.4 Å². The number of halogens is 2. The molecule has 0 radical (unpaired) electrons. The smallest absolute Gasteiger partial charge is 0.316 e. The number of alkyl halides is 2. The molecule has 4 nitrogen and oxygen atoms in total. The Kier molecular flexibility index (Phi) is 9.12. The maximum atomic E-state index is 12.5. The quantitative estimate of drug-likeness (QED) is 0.837. The van der Waals surface area contributed by atoms with E-state index < -0.39 is 6.11 Å². The van der Waals surface area contributed by atoms with Crippen LogP contribution in [0.3, 0.4) is 0 Å². The zero-order valence-corrected chi connectivity index (χ0v) is 13.2. The Morgan fingerprint density at radius 2 is 1.86 bits per heavy atom. The van der Waals surface area contributed by atoms with Gasteiger partial charge in [0.05, 0.1) is 6.61 Å². The van der Waals surface area contributed by atoms with Gasteiger partial charge < -0.3 is 4.74 Å². The van der Waals surface area contributed by atoms with Gasteiger partial charge in [-0.05, 0) is 17.7 Å². The Balaban J connectivity index is 0.000000921. The largest absolute Gasteiger partial charge is 0.353 e. The van der Waals surface area contributed by atoms with Gasteiger partial charge in [-0.3, -0.25) is 0 Å². The summed E-state index contributed by atoms with van der Waals surface area (Å²) >= 11 is 0. The highest BCUT2D eigenvalue weighted by molar-refractivity contribution is 5.23. The summed E-state index contributed by atoms with van der Waals surface area (Å²) < 4.78 is 30.8. The Labute approximate surface area is 124 Å². The lowest BCUT2D eigenvalue weighted by Crippen LogP contribution is -2.14. The number of aromatic nitrogens is 3. The minimum atomic E-state index is -3.12. The van der Waals surface area contributed by atoms with Gasteiger partial charge in [-0.1, -0.05) is 33.8 Å². The highest BCUT2D eigenvalue weighted by atomic mass is 19.3. The van der Waals surface area contributed by atoms with E-state index >= 15 is 0 Å². The first-order valence-electron chi connectivity index (χ1n) is 7.01. The second kappa shape index (κ2) is 9.99. The van der Waals surface area contributed by atoms with E-state index in [0.29, 0.717) is 18.3 Å². The molecule has 2 heterocycles. The van der Waals surface area contributed by atoms with Gasteiger partial charge >= 0.3 is 6.11 Å². The molecule has 6 heteroatoms. The van der Waals surface area contributed by atoms with E-state index in [9.17, 15) is 8.78 Å². The van der Waals surface area contributed by atoms with Crippen LogP contribution in [0.2, 0.25) is 0 Å². The van der Waals surface area contributed by atoms with Crippen molar-refractivity contribution in [2.45, 2.75) is 47.3 Å². The molecule has 0 saturated carbocycles. The van der Waals surface area contributed by atoms with Gasteiger partial charge in [0.15, 0.2) is 5.82 Å². The highest BCUT2D eigenvalue weighted by Gasteiger charge is 2.21. The summed E-state index contributed by atoms with van der Waals surface area (Å²) in [6.07, 6.45) is 1.75. The van der Waals surface area contributed by atoms with Crippen LogP contribution in [0.15, 0.2) is 36.8 Å². The van der Waals surface area contributed by atoms with E-state index in [2.05, 4.69) is 14.8 Å². The maximum absolute atomic E-state index is 12.5. The topological polar surface area (TPSA) is 39.9 Å². The SMILES string of the molecule is CC.CC.CC(F)(F)OCc1ccc(-n2cccn2)nc1. The third kappa shape index (κ3) is 7.51. The van der Waals surface area contributed by atoms with Crippen LogP contribution in [-0.2, 0) is 11.3 Å². The molecule has 0 aliphatic carbocycles. The van der Waals surface area contributed by atoms with Gasteiger partial charge in [0.2, 0.25) is 0 Å². The van der Waals surface area contributed by atoms with Crippen molar-refractivity contribution in [3.8, 4) is 5.82 Å². The van der Waals surface area contributed by atoms with Crippen molar-refractivity contribution in [1.29, 1.82) is 0 Å². The fraction of sp³-hybridized carbons (Fsp3) is 0.467. The average molecular weight is 299 g/mol. The molecule has 0 unspecified atom stereocenters. The van der Waals surface area contributed by atoms with E-state index in [1.165, 1.54) is 6.20 Å². The van der Waals surface area contributed by atoms with Crippen molar-refractivity contribution >= 4 is 0 Å². The van der Waals surface area contributed by atoms with Crippen LogP contribution in [0, 0.1) is 0 Å². The molecule has 2 aromatic rings. The molecule has 21 heavy (non-hydrogen) atoms.